The lowest BCUT2D eigenvalue weighted by Gasteiger charge is -2.38. The third-order valence-corrected chi connectivity index (χ3v) is 5.27. The summed E-state index contributed by atoms with van der Waals surface area (Å²) in [5.74, 6) is 0.822. The maximum Gasteiger partial charge on any atom is 0.171 e. The van der Waals surface area contributed by atoms with Gasteiger partial charge in [-0.1, -0.05) is 23.5 Å². The first-order valence-electron chi connectivity index (χ1n) is 8.02. The van der Waals surface area contributed by atoms with Crippen LogP contribution in [0.25, 0.3) is 0 Å². The molecule has 2 N–H and O–H groups in total. The van der Waals surface area contributed by atoms with Crippen molar-refractivity contribution < 1.29 is 4.74 Å². The minimum Gasteiger partial charge on any atom is -0.381 e. The van der Waals surface area contributed by atoms with E-state index in [4.69, 9.17) is 21.5 Å². The molecule has 2 aliphatic heterocycles. The molecule has 1 spiro atoms. The highest BCUT2D eigenvalue weighted by atomic mass is 35.5. The number of piperidine rings is 1. The number of hydrogen-bond donors (Lipinski definition) is 1. The average molecular weight is 359 g/mol. The molecule has 0 aromatic carbocycles. The summed E-state index contributed by atoms with van der Waals surface area (Å²) in [6, 6.07) is 0. The largest absolute Gasteiger partial charge is 0.381 e. The van der Waals surface area contributed by atoms with Crippen molar-refractivity contribution in [1.29, 1.82) is 0 Å². The molecule has 0 atom stereocenters. The van der Waals surface area contributed by atoms with E-state index in [2.05, 4.69) is 35.6 Å². The second-order valence-electron chi connectivity index (χ2n) is 7.19. The average Bonchev–Trinajstić information content (AvgIpc) is 2.97. The Morgan fingerprint density at radius 1 is 1.22 bits per heavy atom. The summed E-state index contributed by atoms with van der Waals surface area (Å²) >= 11 is 7.45. The van der Waals surface area contributed by atoms with Gasteiger partial charge in [0, 0.05) is 36.8 Å². The van der Waals surface area contributed by atoms with Gasteiger partial charge >= 0.3 is 0 Å². The SMILES string of the molecule is CC(C)(C)SN.Clc1nccnc1N1CCC2(CCOC2)CC1. The van der Waals surface area contributed by atoms with Gasteiger partial charge in [-0.2, -0.15) is 0 Å². The molecule has 3 heterocycles. The van der Waals surface area contributed by atoms with Crippen LogP contribution in [0.4, 0.5) is 5.82 Å². The van der Waals surface area contributed by atoms with E-state index >= 15 is 0 Å². The molecule has 0 saturated carbocycles. The zero-order valence-corrected chi connectivity index (χ0v) is 15.8. The summed E-state index contributed by atoms with van der Waals surface area (Å²) in [6.45, 7) is 10.1. The summed E-state index contributed by atoms with van der Waals surface area (Å²) < 4.78 is 5.77. The molecule has 130 valence electrons. The smallest absolute Gasteiger partial charge is 0.171 e. The van der Waals surface area contributed by atoms with Crippen LogP contribution in [0.1, 0.15) is 40.0 Å². The summed E-state index contributed by atoms with van der Waals surface area (Å²) in [7, 11) is 0. The first-order valence-corrected chi connectivity index (χ1v) is 9.28. The van der Waals surface area contributed by atoms with Crippen LogP contribution in [0.15, 0.2) is 12.4 Å². The molecule has 0 unspecified atom stereocenters. The predicted molar refractivity (Wildman–Crippen MR) is 97.9 cm³/mol. The Morgan fingerprint density at radius 2 is 1.83 bits per heavy atom. The number of aromatic nitrogens is 2. The standard InChI is InChI=1S/C12H16ClN3O.C4H11NS/c13-10-11(15-5-4-14-10)16-6-1-12(2-7-16)3-8-17-9-12;1-4(2,3)6-5/h4-5H,1-3,6-9H2;5H2,1-3H3. The first-order chi connectivity index (χ1) is 10.9. The number of hydrogen-bond acceptors (Lipinski definition) is 6. The van der Waals surface area contributed by atoms with Crippen LogP contribution in [0.3, 0.4) is 0 Å². The van der Waals surface area contributed by atoms with Crippen LogP contribution < -0.4 is 10.0 Å². The van der Waals surface area contributed by atoms with Gasteiger partial charge in [0.2, 0.25) is 0 Å². The van der Waals surface area contributed by atoms with Crippen LogP contribution in [-0.2, 0) is 4.74 Å². The van der Waals surface area contributed by atoms with E-state index in [0.717, 1.165) is 32.1 Å². The van der Waals surface area contributed by atoms with Crippen molar-refractivity contribution in [3.8, 4) is 0 Å². The van der Waals surface area contributed by atoms with Gasteiger partial charge in [-0.05, 0) is 45.4 Å². The normalized spacial score (nSPS) is 20.3. The fourth-order valence-electron chi connectivity index (χ4n) is 2.76. The van der Waals surface area contributed by atoms with Crippen molar-refractivity contribution in [3.63, 3.8) is 0 Å². The number of halogens is 1. The Balaban J connectivity index is 0.000000277. The number of nitrogens with zero attached hydrogens (tertiary/aromatic N) is 3. The molecular weight excluding hydrogens is 332 g/mol. The molecule has 0 aliphatic carbocycles. The molecule has 2 saturated heterocycles. The van der Waals surface area contributed by atoms with Gasteiger partial charge in [0.15, 0.2) is 11.0 Å². The maximum atomic E-state index is 6.07. The highest BCUT2D eigenvalue weighted by Crippen LogP contribution is 2.40. The predicted octanol–water partition coefficient (Wildman–Crippen LogP) is 3.53. The van der Waals surface area contributed by atoms with Crippen LogP contribution in [-0.4, -0.2) is 41.0 Å². The second kappa shape index (κ2) is 8.01. The lowest BCUT2D eigenvalue weighted by atomic mass is 9.78. The van der Waals surface area contributed by atoms with Gasteiger partial charge < -0.3 is 9.64 Å². The Bertz CT molecular complexity index is 493. The summed E-state index contributed by atoms with van der Waals surface area (Å²) in [5, 5.41) is 5.73. The molecule has 0 bridgehead atoms. The van der Waals surface area contributed by atoms with Gasteiger partial charge in [0.05, 0.1) is 6.61 Å². The van der Waals surface area contributed by atoms with Crippen molar-refractivity contribution in [3.05, 3.63) is 17.5 Å². The van der Waals surface area contributed by atoms with Gasteiger partial charge in [-0.15, -0.1) is 0 Å². The zero-order chi connectivity index (χ0) is 16.9. The lowest BCUT2D eigenvalue weighted by molar-refractivity contribution is 0.133. The molecule has 1 aromatic rings. The highest BCUT2D eigenvalue weighted by molar-refractivity contribution is 7.98. The van der Waals surface area contributed by atoms with Crippen molar-refractivity contribution >= 4 is 29.4 Å². The van der Waals surface area contributed by atoms with E-state index < -0.39 is 0 Å². The molecule has 1 aromatic heterocycles. The second-order valence-corrected chi connectivity index (χ2v) is 9.01. The Labute approximate surface area is 148 Å². The molecule has 5 nitrogen and oxygen atoms in total. The molecular formula is C16H27ClN4OS. The van der Waals surface area contributed by atoms with Gasteiger partial charge in [0.25, 0.3) is 0 Å². The van der Waals surface area contributed by atoms with Crippen LogP contribution in [0.2, 0.25) is 5.15 Å². The summed E-state index contributed by atoms with van der Waals surface area (Å²) in [6.07, 6.45) is 6.86. The van der Waals surface area contributed by atoms with Crippen molar-refractivity contribution in [2.75, 3.05) is 31.2 Å². The zero-order valence-electron chi connectivity index (χ0n) is 14.2. The van der Waals surface area contributed by atoms with Gasteiger partial charge in [-0.3, -0.25) is 5.14 Å². The Kier molecular flexibility index (Phi) is 6.54. The van der Waals surface area contributed by atoms with Crippen molar-refractivity contribution in [1.82, 2.24) is 9.97 Å². The van der Waals surface area contributed by atoms with E-state index in [1.54, 1.807) is 12.4 Å². The number of ether oxygens (including phenoxy) is 1. The number of nitrogens with two attached hydrogens (primary N) is 1. The van der Waals surface area contributed by atoms with E-state index in [9.17, 15) is 0 Å². The lowest BCUT2D eigenvalue weighted by Crippen LogP contribution is -2.41. The summed E-state index contributed by atoms with van der Waals surface area (Å²) in [5.41, 5.74) is 0.422. The quantitative estimate of drug-likeness (QED) is 0.775. The van der Waals surface area contributed by atoms with Crippen molar-refractivity contribution in [2.24, 2.45) is 10.6 Å². The number of rotatable bonds is 1. The third kappa shape index (κ3) is 5.48. The molecule has 2 aliphatic rings. The van der Waals surface area contributed by atoms with E-state index in [1.807, 2.05) is 0 Å². The number of anilines is 1. The van der Waals surface area contributed by atoms with Crippen molar-refractivity contribution in [2.45, 2.75) is 44.8 Å². The highest BCUT2D eigenvalue weighted by Gasteiger charge is 2.38. The fourth-order valence-corrected chi connectivity index (χ4v) is 2.99. The van der Waals surface area contributed by atoms with Gasteiger partial charge in [-0.25, -0.2) is 9.97 Å². The van der Waals surface area contributed by atoms with E-state index in [-0.39, 0.29) is 4.75 Å². The van der Waals surface area contributed by atoms with Crippen LogP contribution in [0, 0.1) is 5.41 Å². The Morgan fingerprint density at radius 3 is 2.30 bits per heavy atom. The molecule has 7 heteroatoms. The van der Waals surface area contributed by atoms with Crippen LogP contribution in [0.5, 0.6) is 0 Å². The van der Waals surface area contributed by atoms with E-state index in [1.165, 1.54) is 31.2 Å². The molecule has 3 rings (SSSR count). The van der Waals surface area contributed by atoms with Gasteiger partial charge in [0.1, 0.15) is 0 Å². The topological polar surface area (TPSA) is 64.3 Å². The third-order valence-electron chi connectivity index (χ3n) is 4.30. The first kappa shape index (κ1) is 18.8. The van der Waals surface area contributed by atoms with Crippen LogP contribution >= 0.6 is 23.5 Å². The molecule has 0 amide bonds. The fraction of sp³-hybridized carbons (Fsp3) is 0.750. The monoisotopic (exact) mass is 358 g/mol. The maximum absolute atomic E-state index is 6.07. The molecule has 23 heavy (non-hydrogen) atoms. The Hall–Kier alpha value is -0.560. The summed E-state index contributed by atoms with van der Waals surface area (Å²) in [4.78, 5) is 10.6. The van der Waals surface area contributed by atoms with E-state index in [0.29, 0.717) is 10.6 Å². The molecule has 0 radical (unpaired) electrons. The molecule has 2 fully saturated rings. The minimum atomic E-state index is 0.236. The minimum absolute atomic E-state index is 0.236.